The first-order chi connectivity index (χ1) is 13.9. The van der Waals surface area contributed by atoms with Crippen LogP contribution < -0.4 is 5.32 Å². The predicted octanol–water partition coefficient (Wildman–Crippen LogP) is 5.23. The fourth-order valence-electron chi connectivity index (χ4n) is 3.03. The van der Waals surface area contributed by atoms with Crippen LogP contribution in [0.25, 0.3) is 0 Å². The number of rotatable bonds is 9. The molecule has 1 amide bonds. The number of alkyl carbamates (subject to hydrolysis) is 1. The van der Waals surface area contributed by atoms with Gasteiger partial charge in [-0.15, -0.1) is 0 Å². The molecule has 6 nitrogen and oxygen atoms in total. The van der Waals surface area contributed by atoms with Crippen molar-refractivity contribution < 1.29 is 23.4 Å². The Labute approximate surface area is 182 Å². The molecule has 0 aliphatic carbocycles. The zero-order valence-electron chi connectivity index (χ0n) is 19.6. The molecule has 2 atom stereocenters. The molecule has 0 bridgehead atoms. The molecule has 1 aromatic carbocycles. The van der Waals surface area contributed by atoms with Crippen LogP contribution in [0.4, 0.5) is 4.79 Å². The van der Waals surface area contributed by atoms with Gasteiger partial charge in [-0.25, -0.2) is 4.79 Å². The highest BCUT2D eigenvalue weighted by atomic mass is 28.4. The maximum atomic E-state index is 12.4. The summed E-state index contributed by atoms with van der Waals surface area (Å²) in [6.07, 6.45) is 0.912. The van der Waals surface area contributed by atoms with E-state index >= 15 is 0 Å². The summed E-state index contributed by atoms with van der Waals surface area (Å²) in [6.45, 7) is 16.3. The Balaban J connectivity index is 1.88. The Bertz CT molecular complexity index is 672. The SMILES string of the molecule is CC1(C)OC[C@H]([C@H](CCCO[Si](C)(C)C(C)(C)C)NC(=O)OCc2ccccc2)O1. The summed E-state index contributed by atoms with van der Waals surface area (Å²) in [6, 6.07) is 9.45. The highest BCUT2D eigenvalue weighted by Crippen LogP contribution is 2.36. The number of nitrogens with one attached hydrogen (secondary N) is 1. The largest absolute Gasteiger partial charge is 0.445 e. The monoisotopic (exact) mass is 437 g/mol. The number of carbonyl (C=O) groups excluding carboxylic acids is 1. The van der Waals surface area contributed by atoms with E-state index in [1.54, 1.807) is 0 Å². The lowest BCUT2D eigenvalue weighted by Crippen LogP contribution is -2.46. The summed E-state index contributed by atoms with van der Waals surface area (Å²) in [7, 11) is -1.78. The van der Waals surface area contributed by atoms with Crippen LogP contribution in [0.1, 0.15) is 53.0 Å². The van der Waals surface area contributed by atoms with Crippen molar-refractivity contribution in [1.29, 1.82) is 0 Å². The minimum absolute atomic E-state index is 0.179. The topological polar surface area (TPSA) is 66.0 Å². The molecule has 0 spiro atoms. The average molecular weight is 438 g/mol. The quantitative estimate of drug-likeness (QED) is 0.423. The maximum Gasteiger partial charge on any atom is 0.407 e. The van der Waals surface area contributed by atoms with Gasteiger partial charge in [-0.2, -0.15) is 0 Å². The number of amides is 1. The Morgan fingerprint density at radius 3 is 2.50 bits per heavy atom. The Kier molecular flexibility index (Phi) is 8.50. The lowest BCUT2D eigenvalue weighted by Gasteiger charge is -2.36. The highest BCUT2D eigenvalue weighted by Gasteiger charge is 2.39. The van der Waals surface area contributed by atoms with E-state index in [4.69, 9.17) is 18.6 Å². The molecule has 1 aromatic rings. The minimum atomic E-state index is -1.78. The minimum Gasteiger partial charge on any atom is -0.445 e. The van der Waals surface area contributed by atoms with Gasteiger partial charge >= 0.3 is 6.09 Å². The van der Waals surface area contributed by atoms with Gasteiger partial charge in [0.15, 0.2) is 14.1 Å². The van der Waals surface area contributed by atoms with E-state index < -0.39 is 20.2 Å². The summed E-state index contributed by atoms with van der Waals surface area (Å²) >= 11 is 0. The second kappa shape index (κ2) is 10.3. The molecule has 30 heavy (non-hydrogen) atoms. The van der Waals surface area contributed by atoms with Gasteiger partial charge in [0.05, 0.1) is 12.6 Å². The fraction of sp³-hybridized carbons (Fsp3) is 0.696. The van der Waals surface area contributed by atoms with Gasteiger partial charge in [0.1, 0.15) is 12.7 Å². The molecule has 1 aliphatic rings. The predicted molar refractivity (Wildman–Crippen MR) is 121 cm³/mol. The molecule has 1 heterocycles. The summed E-state index contributed by atoms with van der Waals surface area (Å²) in [5.74, 6) is -0.643. The molecule has 1 fully saturated rings. The number of hydrogen-bond donors (Lipinski definition) is 1. The van der Waals surface area contributed by atoms with Crippen LogP contribution in [-0.4, -0.2) is 45.6 Å². The summed E-state index contributed by atoms with van der Waals surface area (Å²) in [5, 5.41) is 3.16. The maximum absolute atomic E-state index is 12.4. The van der Waals surface area contributed by atoms with Crippen LogP contribution in [0.5, 0.6) is 0 Å². The first-order valence-electron chi connectivity index (χ1n) is 10.8. The van der Waals surface area contributed by atoms with Crippen molar-refractivity contribution in [3.63, 3.8) is 0 Å². The Morgan fingerprint density at radius 1 is 1.27 bits per heavy atom. The third kappa shape index (κ3) is 7.69. The van der Waals surface area contributed by atoms with E-state index in [9.17, 15) is 4.79 Å². The van der Waals surface area contributed by atoms with Gasteiger partial charge in [0.25, 0.3) is 0 Å². The molecule has 7 heteroatoms. The first-order valence-corrected chi connectivity index (χ1v) is 13.7. The first kappa shape index (κ1) is 24.9. The lowest BCUT2D eigenvalue weighted by molar-refractivity contribution is -0.141. The molecular formula is C23H39NO5Si. The van der Waals surface area contributed by atoms with Crippen molar-refractivity contribution in [3.8, 4) is 0 Å². The van der Waals surface area contributed by atoms with Gasteiger partial charge in [-0.3, -0.25) is 0 Å². The number of hydrogen-bond acceptors (Lipinski definition) is 5. The lowest BCUT2D eigenvalue weighted by atomic mass is 10.1. The molecular weight excluding hydrogens is 398 g/mol. The molecule has 0 unspecified atom stereocenters. The van der Waals surface area contributed by atoms with Crippen molar-refractivity contribution in [1.82, 2.24) is 5.32 Å². The van der Waals surface area contributed by atoms with E-state index in [0.29, 0.717) is 13.2 Å². The summed E-state index contributed by atoms with van der Waals surface area (Å²) < 4.78 is 23.4. The number of carbonyl (C=O) groups is 1. The molecule has 1 aliphatic heterocycles. The van der Waals surface area contributed by atoms with Gasteiger partial charge < -0.3 is 24.0 Å². The van der Waals surface area contributed by atoms with Gasteiger partial charge in [-0.1, -0.05) is 51.1 Å². The van der Waals surface area contributed by atoms with Crippen LogP contribution in [0, 0.1) is 0 Å². The molecule has 0 saturated carbocycles. The molecule has 2 rings (SSSR count). The van der Waals surface area contributed by atoms with Crippen molar-refractivity contribution in [2.45, 2.75) is 90.1 Å². The molecule has 0 radical (unpaired) electrons. The third-order valence-electron chi connectivity index (χ3n) is 5.92. The van der Waals surface area contributed by atoms with Gasteiger partial charge in [-0.05, 0) is 50.4 Å². The van der Waals surface area contributed by atoms with Crippen LogP contribution >= 0.6 is 0 Å². The molecule has 170 valence electrons. The Morgan fingerprint density at radius 2 is 1.93 bits per heavy atom. The standard InChI is InChI=1S/C23H39NO5Si/c1-22(2,3)30(6,7)28-15-11-14-19(20-17-27-23(4,5)29-20)24-21(25)26-16-18-12-9-8-10-13-18/h8-10,12-13,19-20H,11,14-17H2,1-7H3,(H,24,25)/t19-,20+/m0/s1. The Hall–Kier alpha value is -1.41. The smallest absolute Gasteiger partial charge is 0.407 e. The van der Waals surface area contributed by atoms with Gasteiger partial charge in [0, 0.05) is 6.61 Å². The second-order valence-corrected chi connectivity index (χ2v) is 14.7. The highest BCUT2D eigenvalue weighted by molar-refractivity contribution is 6.74. The molecule has 1 saturated heterocycles. The normalized spacial score (nSPS) is 20.0. The number of benzene rings is 1. The average Bonchev–Trinajstić information content (AvgIpc) is 3.02. The van der Waals surface area contributed by atoms with Crippen molar-refractivity contribution in [2.75, 3.05) is 13.2 Å². The van der Waals surface area contributed by atoms with Crippen molar-refractivity contribution in [3.05, 3.63) is 35.9 Å². The zero-order valence-corrected chi connectivity index (χ0v) is 20.6. The van der Waals surface area contributed by atoms with Crippen LogP contribution in [0.2, 0.25) is 18.1 Å². The fourth-order valence-corrected chi connectivity index (χ4v) is 4.12. The summed E-state index contributed by atoms with van der Waals surface area (Å²) in [4.78, 5) is 12.4. The van der Waals surface area contributed by atoms with Crippen LogP contribution in [0.3, 0.4) is 0 Å². The van der Waals surface area contributed by atoms with E-state index in [2.05, 4.69) is 39.2 Å². The molecule has 0 aromatic heterocycles. The third-order valence-corrected chi connectivity index (χ3v) is 10.5. The van der Waals surface area contributed by atoms with E-state index in [1.807, 2.05) is 44.2 Å². The zero-order chi connectivity index (χ0) is 22.4. The van der Waals surface area contributed by atoms with E-state index in [-0.39, 0.29) is 23.8 Å². The van der Waals surface area contributed by atoms with Crippen molar-refractivity contribution >= 4 is 14.4 Å². The van der Waals surface area contributed by atoms with Crippen LogP contribution in [-0.2, 0) is 25.2 Å². The second-order valence-electron chi connectivity index (χ2n) is 9.93. The molecule has 1 N–H and O–H groups in total. The number of ether oxygens (including phenoxy) is 3. The van der Waals surface area contributed by atoms with E-state index in [1.165, 1.54) is 0 Å². The summed E-state index contributed by atoms with van der Waals surface area (Å²) in [5.41, 5.74) is 0.952. The van der Waals surface area contributed by atoms with Crippen molar-refractivity contribution in [2.24, 2.45) is 0 Å². The van der Waals surface area contributed by atoms with Crippen LogP contribution in [0.15, 0.2) is 30.3 Å². The van der Waals surface area contributed by atoms with Gasteiger partial charge in [0.2, 0.25) is 0 Å². The van der Waals surface area contributed by atoms with E-state index in [0.717, 1.165) is 18.4 Å².